The molecule has 0 N–H and O–H groups in total. The van der Waals surface area contributed by atoms with E-state index in [1.807, 2.05) is 19.1 Å². The van der Waals surface area contributed by atoms with E-state index in [1.165, 1.54) is 0 Å². The van der Waals surface area contributed by atoms with E-state index in [0.717, 1.165) is 5.56 Å². The van der Waals surface area contributed by atoms with E-state index in [2.05, 4.69) is 0 Å². The number of hydrogen-bond acceptors (Lipinski definition) is 4. The summed E-state index contributed by atoms with van der Waals surface area (Å²) in [5.41, 5.74) is 1.23. The van der Waals surface area contributed by atoms with Gasteiger partial charge in [0.15, 0.2) is 0 Å². The van der Waals surface area contributed by atoms with Crippen LogP contribution in [0.25, 0.3) is 0 Å². The summed E-state index contributed by atoms with van der Waals surface area (Å²) in [5.74, 6) is 1.65. The summed E-state index contributed by atoms with van der Waals surface area (Å²) in [7, 11) is 5.06. The van der Waals surface area contributed by atoms with Crippen molar-refractivity contribution in [3.63, 3.8) is 0 Å². The van der Waals surface area contributed by atoms with Crippen LogP contribution in [0.2, 0.25) is 5.02 Å². The highest BCUT2D eigenvalue weighted by Gasteiger charge is 2.12. The first kappa shape index (κ1) is 17.6. The fraction of sp³-hybridized carbons (Fsp3) is 0.235. The Morgan fingerprint density at radius 2 is 1.65 bits per heavy atom. The lowest BCUT2D eigenvalue weighted by molar-refractivity contribution is -0.207. The van der Waals surface area contributed by atoms with Gasteiger partial charge in [-0.3, -0.25) is 0 Å². The topological polar surface area (TPSA) is 50.8 Å². The van der Waals surface area contributed by atoms with E-state index in [1.54, 1.807) is 39.5 Å². The molecule has 0 atom stereocenters. The molecule has 0 aromatic heterocycles. The first-order valence-corrected chi connectivity index (χ1v) is 8.10. The molecule has 0 fully saturated rings. The molecule has 0 spiro atoms. The summed E-state index contributed by atoms with van der Waals surface area (Å²) in [6, 6.07) is 8.83. The SMILES string of the molecule is COc1cc(OC)c(P=C([O-])c2c(C)cccc2Cl)c(OC)c1. The van der Waals surface area contributed by atoms with Crippen LogP contribution in [0, 0.1) is 6.92 Å². The minimum atomic E-state index is -0.116. The molecule has 4 nitrogen and oxygen atoms in total. The van der Waals surface area contributed by atoms with Crippen LogP contribution in [0.15, 0.2) is 30.3 Å². The largest absolute Gasteiger partial charge is 0.823 e. The van der Waals surface area contributed by atoms with Crippen molar-refractivity contribution >= 4 is 30.6 Å². The fourth-order valence-electron chi connectivity index (χ4n) is 2.16. The number of benzene rings is 2. The first-order valence-electron chi connectivity index (χ1n) is 6.83. The van der Waals surface area contributed by atoms with Gasteiger partial charge in [0.2, 0.25) is 0 Å². The lowest BCUT2D eigenvalue weighted by Gasteiger charge is -2.19. The predicted molar refractivity (Wildman–Crippen MR) is 93.0 cm³/mol. The van der Waals surface area contributed by atoms with Gasteiger partial charge in [-0.05, 0) is 24.1 Å². The van der Waals surface area contributed by atoms with Gasteiger partial charge in [-0.15, -0.1) is 5.48 Å². The van der Waals surface area contributed by atoms with Crippen LogP contribution >= 0.6 is 19.8 Å². The molecule has 2 rings (SSSR count). The Kier molecular flexibility index (Phi) is 5.89. The van der Waals surface area contributed by atoms with Crippen molar-refractivity contribution in [3.05, 3.63) is 46.5 Å². The van der Waals surface area contributed by atoms with Crippen molar-refractivity contribution in [3.8, 4) is 17.2 Å². The Balaban J connectivity index is 2.62. The maximum absolute atomic E-state index is 12.7. The third-order valence-electron chi connectivity index (χ3n) is 3.34. The van der Waals surface area contributed by atoms with Crippen LogP contribution in [0.5, 0.6) is 17.2 Å². The van der Waals surface area contributed by atoms with Gasteiger partial charge in [0.05, 0.1) is 26.6 Å². The molecular weight excluding hydrogens is 335 g/mol. The Morgan fingerprint density at radius 3 is 2.13 bits per heavy atom. The maximum Gasteiger partial charge on any atom is 0.138 e. The molecule has 23 heavy (non-hydrogen) atoms. The number of methoxy groups -OCH3 is 3. The predicted octanol–water partition coefficient (Wildman–Crippen LogP) is 2.78. The molecule has 0 unspecified atom stereocenters. The zero-order valence-electron chi connectivity index (χ0n) is 13.3. The van der Waals surface area contributed by atoms with Crippen molar-refractivity contribution in [1.82, 2.24) is 0 Å². The molecule has 0 aliphatic heterocycles. The second-order valence-corrected chi connectivity index (χ2v) is 6.21. The maximum atomic E-state index is 12.7. The molecule has 0 radical (unpaired) electrons. The quantitative estimate of drug-likeness (QED) is 0.777. The lowest BCUT2D eigenvalue weighted by atomic mass is 10.1. The van der Waals surface area contributed by atoms with Gasteiger partial charge in [-0.1, -0.05) is 31.9 Å². The minimum absolute atomic E-state index is 0.116. The molecule has 0 aliphatic rings. The van der Waals surface area contributed by atoms with Gasteiger partial charge in [-0.2, -0.15) is 0 Å². The zero-order chi connectivity index (χ0) is 17.0. The number of aryl methyl sites for hydroxylation is 1. The minimum Gasteiger partial charge on any atom is -0.823 e. The number of halogens is 1. The second-order valence-electron chi connectivity index (χ2n) is 4.73. The molecule has 0 saturated carbocycles. The van der Waals surface area contributed by atoms with Crippen LogP contribution < -0.4 is 24.6 Å². The van der Waals surface area contributed by atoms with E-state index in [9.17, 15) is 5.11 Å². The van der Waals surface area contributed by atoms with Gasteiger partial charge in [-0.25, -0.2) is 0 Å². The van der Waals surface area contributed by atoms with Gasteiger partial charge in [0.25, 0.3) is 0 Å². The van der Waals surface area contributed by atoms with Crippen LogP contribution in [0.4, 0.5) is 0 Å². The molecular formula is C17H17ClO4P-. The first-order chi connectivity index (χ1) is 11.0. The summed E-state index contributed by atoms with van der Waals surface area (Å²) >= 11 is 6.18. The Hall–Kier alpha value is -1.74. The number of rotatable bonds is 5. The summed E-state index contributed by atoms with van der Waals surface area (Å²) in [5, 5.41) is 13.8. The molecule has 0 bridgehead atoms. The molecule has 0 amide bonds. The number of ether oxygens (including phenoxy) is 3. The Labute approximate surface area is 142 Å². The monoisotopic (exact) mass is 351 g/mol. The summed E-state index contributed by atoms with van der Waals surface area (Å²) in [6.07, 6.45) is 0. The molecule has 0 heterocycles. The average molecular weight is 352 g/mol. The summed E-state index contributed by atoms with van der Waals surface area (Å²) < 4.78 is 16.0. The molecule has 6 heteroatoms. The second kappa shape index (κ2) is 7.69. The Morgan fingerprint density at radius 1 is 1.04 bits per heavy atom. The molecule has 0 aliphatic carbocycles. The van der Waals surface area contributed by atoms with Crippen molar-refractivity contribution in [2.24, 2.45) is 0 Å². The highest BCUT2D eigenvalue weighted by atomic mass is 35.5. The van der Waals surface area contributed by atoms with Gasteiger partial charge in [0, 0.05) is 17.2 Å². The van der Waals surface area contributed by atoms with E-state index < -0.39 is 0 Å². The normalized spacial score (nSPS) is 11.3. The average Bonchev–Trinajstić information content (AvgIpc) is 2.54. The molecule has 122 valence electrons. The van der Waals surface area contributed by atoms with Crippen LogP contribution in [-0.2, 0) is 0 Å². The highest BCUT2D eigenvalue weighted by molar-refractivity contribution is 7.49. The van der Waals surface area contributed by atoms with Gasteiger partial charge < -0.3 is 19.3 Å². The van der Waals surface area contributed by atoms with Crippen molar-refractivity contribution in [1.29, 1.82) is 0 Å². The molecule has 2 aromatic carbocycles. The molecule has 0 saturated heterocycles. The highest BCUT2D eigenvalue weighted by Crippen LogP contribution is 2.30. The third kappa shape index (κ3) is 3.78. The van der Waals surface area contributed by atoms with Gasteiger partial charge in [0.1, 0.15) is 17.2 Å². The van der Waals surface area contributed by atoms with E-state index in [-0.39, 0.29) is 5.48 Å². The lowest BCUT2D eigenvalue weighted by Crippen LogP contribution is -2.20. The summed E-state index contributed by atoms with van der Waals surface area (Å²) in [4.78, 5) is 0. The van der Waals surface area contributed by atoms with Crippen LogP contribution in [0.3, 0.4) is 0 Å². The fourth-order valence-corrected chi connectivity index (χ4v) is 3.67. The van der Waals surface area contributed by atoms with Crippen molar-refractivity contribution < 1.29 is 19.3 Å². The molecule has 2 aromatic rings. The van der Waals surface area contributed by atoms with E-state index in [4.69, 9.17) is 25.8 Å². The van der Waals surface area contributed by atoms with E-state index >= 15 is 0 Å². The summed E-state index contributed by atoms with van der Waals surface area (Å²) in [6.45, 7) is 1.86. The standard InChI is InChI=1S/C17H18ClO4P/c1-10-6-5-7-12(18)15(10)17(19)23-16-13(21-3)8-11(20-2)9-14(16)22-4/h5-9,19H,1-4H3/p-1. The zero-order valence-corrected chi connectivity index (χ0v) is 15.0. The van der Waals surface area contributed by atoms with Gasteiger partial charge >= 0.3 is 0 Å². The van der Waals surface area contributed by atoms with Crippen LogP contribution in [0.1, 0.15) is 11.1 Å². The van der Waals surface area contributed by atoms with Crippen molar-refractivity contribution in [2.75, 3.05) is 21.3 Å². The third-order valence-corrected chi connectivity index (χ3v) is 4.74. The van der Waals surface area contributed by atoms with E-state index in [0.29, 0.717) is 41.3 Å². The Bertz CT molecular complexity index is 698. The van der Waals surface area contributed by atoms with Crippen molar-refractivity contribution in [2.45, 2.75) is 6.92 Å². The number of hydrogen-bond donors (Lipinski definition) is 0. The smallest absolute Gasteiger partial charge is 0.138 e. The van der Waals surface area contributed by atoms with Crippen LogP contribution in [-0.4, -0.2) is 26.8 Å².